The van der Waals surface area contributed by atoms with E-state index in [1.807, 2.05) is 0 Å². The van der Waals surface area contributed by atoms with Gasteiger partial charge < -0.3 is 5.32 Å². The molecule has 0 saturated carbocycles. The van der Waals surface area contributed by atoms with Crippen molar-refractivity contribution < 1.29 is 4.79 Å². The minimum Gasteiger partial charge on any atom is -0.309 e. The summed E-state index contributed by atoms with van der Waals surface area (Å²) in [7, 11) is 0. The Kier molecular flexibility index (Phi) is 2.37. The Labute approximate surface area is 95.4 Å². The smallest absolute Gasteiger partial charge is 0.137 e. The first-order valence-electron chi connectivity index (χ1n) is 5.85. The second-order valence-electron chi connectivity index (χ2n) is 4.65. The Balaban J connectivity index is 1.91. The van der Waals surface area contributed by atoms with Gasteiger partial charge in [-0.2, -0.15) is 0 Å². The van der Waals surface area contributed by atoms with E-state index < -0.39 is 0 Å². The lowest BCUT2D eigenvalue weighted by molar-refractivity contribution is -0.118. The van der Waals surface area contributed by atoms with Gasteiger partial charge in [-0.15, -0.1) is 0 Å². The quantitative estimate of drug-likeness (QED) is 0.769. The zero-order chi connectivity index (χ0) is 11.0. The number of fused-ring (bicyclic) bond motifs is 1. The summed E-state index contributed by atoms with van der Waals surface area (Å²) in [5, 5.41) is 3.23. The van der Waals surface area contributed by atoms with Crippen LogP contribution in [0.15, 0.2) is 23.8 Å². The van der Waals surface area contributed by atoms with Crippen LogP contribution >= 0.6 is 0 Å². The number of Topliss-reactive ketones (excluding diaryl/α,β-unsaturated/α-hetero) is 1. The molecule has 0 spiro atoms. The summed E-state index contributed by atoms with van der Waals surface area (Å²) in [6.45, 7) is 2.02. The van der Waals surface area contributed by atoms with Gasteiger partial charge in [-0.3, -0.25) is 4.79 Å². The Hall–Kier alpha value is -1.41. The molecule has 2 heteroatoms. The van der Waals surface area contributed by atoms with Crippen LogP contribution in [0, 0.1) is 0 Å². The van der Waals surface area contributed by atoms with E-state index >= 15 is 0 Å². The van der Waals surface area contributed by atoms with Crippen molar-refractivity contribution in [2.75, 3.05) is 13.1 Å². The third-order valence-electron chi connectivity index (χ3n) is 3.37. The lowest BCUT2D eigenvalue weighted by atomic mass is 9.89. The summed E-state index contributed by atoms with van der Waals surface area (Å²) < 4.78 is 0. The Bertz CT molecular complexity index is 468. The van der Waals surface area contributed by atoms with Crippen LogP contribution in [0.5, 0.6) is 0 Å². The summed E-state index contributed by atoms with van der Waals surface area (Å²) in [6, 6.07) is 6.53. The molecule has 0 aromatic heterocycles. The van der Waals surface area contributed by atoms with Crippen molar-refractivity contribution in [3.05, 3.63) is 40.5 Å². The third kappa shape index (κ3) is 1.81. The van der Waals surface area contributed by atoms with E-state index in [1.165, 1.54) is 22.3 Å². The molecule has 1 fully saturated rings. The maximum Gasteiger partial charge on any atom is 0.137 e. The number of aryl methyl sites for hydroxylation is 1. The minimum absolute atomic E-state index is 0.377. The molecule has 0 atom stereocenters. The Morgan fingerprint density at radius 2 is 2.00 bits per heavy atom. The standard InChI is InChI=1S/C14H15NO/c16-14-4-3-12-2-1-10(6-13(12)7-14)5-11-8-15-9-11/h1-2,5-6,15H,3-4,7-9H2. The zero-order valence-electron chi connectivity index (χ0n) is 9.25. The van der Waals surface area contributed by atoms with Gasteiger partial charge in [0.05, 0.1) is 0 Å². The molecule has 1 aliphatic carbocycles. The van der Waals surface area contributed by atoms with E-state index in [9.17, 15) is 4.79 Å². The van der Waals surface area contributed by atoms with Crippen LogP contribution in [-0.2, 0) is 17.6 Å². The van der Waals surface area contributed by atoms with Crippen LogP contribution in [0.4, 0.5) is 0 Å². The molecule has 1 aromatic carbocycles. The summed E-state index contributed by atoms with van der Waals surface area (Å²) >= 11 is 0. The highest BCUT2D eigenvalue weighted by molar-refractivity contribution is 5.83. The van der Waals surface area contributed by atoms with Crippen LogP contribution in [0.1, 0.15) is 23.1 Å². The lowest BCUT2D eigenvalue weighted by Gasteiger charge is -2.19. The first-order chi connectivity index (χ1) is 7.81. The maximum atomic E-state index is 11.4. The number of nitrogens with one attached hydrogen (secondary N) is 1. The molecule has 1 saturated heterocycles. The molecule has 16 heavy (non-hydrogen) atoms. The third-order valence-corrected chi connectivity index (χ3v) is 3.37. The largest absolute Gasteiger partial charge is 0.309 e. The van der Waals surface area contributed by atoms with Crippen LogP contribution in [0.2, 0.25) is 0 Å². The Morgan fingerprint density at radius 3 is 2.75 bits per heavy atom. The van der Waals surface area contributed by atoms with Crippen molar-refractivity contribution in [1.82, 2.24) is 5.32 Å². The molecule has 2 nitrogen and oxygen atoms in total. The number of rotatable bonds is 1. The van der Waals surface area contributed by atoms with Crippen molar-refractivity contribution in [2.45, 2.75) is 19.3 Å². The maximum absolute atomic E-state index is 11.4. The van der Waals surface area contributed by atoms with Gasteiger partial charge >= 0.3 is 0 Å². The van der Waals surface area contributed by atoms with E-state index in [-0.39, 0.29) is 0 Å². The molecule has 0 radical (unpaired) electrons. The van der Waals surface area contributed by atoms with Crippen LogP contribution < -0.4 is 5.32 Å². The van der Waals surface area contributed by atoms with Crippen molar-refractivity contribution in [2.24, 2.45) is 0 Å². The van der Waals surface area contributed by atoms with Gasteiger partial charge in [-0.25, -0.2) is 0 Å². The molecule has 0 unspecified atom stereocenters. The van der Waals surface area contributed by atoms with Gasteiger partial charge in [-0.05, 0) is 28.7 Å². The van der Waals surface area contributed by atoms with Crippen LogP contribution in [0.25, 0.3) is 6.08 Å². The SMILES string of the molecule is O=C1CCc2ccc(C=C3CNC3)cc2C1. The van der Waals surface area contributed by atoms with Crippen molar-refractivity contribution in [1.29, 1.82) is 0 Å². The molecule has 1 aliphatic heterocycles. The second-order valence-corrected chi connectivity index (χ2v) is 4.65. The Morgan fingerprint density at radius 1 is 1.12 bits per heavy atom. The lowest BCUT2D eigenvalue weighted by Crippen LogP contribution is -2.33. The number of benzene rings is 1. The van der Waals surface area contributed by atoms with E-state index in [1.54, 1.807) is 0 Å². The second kappa shape index (κ2) is 3.87. The van der Waals surface area contributed by atoms with Crippen molar-refractivity contribution >= 4 is 11.9 Å². The van der Waals surface area contributed by atoms with E-state index in [0.29, 0.717) is 12.2 Å². The van der Waals surface area contributed by atoms with Crippen molar-refractivity contribution in [3.63, 3.8) is 0 Å². The fourth-order valence-corrected chi connectivity index (χ4v) is 2.33. The van der Waals surface area contributed by atoms with Gasteiger partial charge in [0, 0.05) is 25.9 Å². The zero-order valence-corrected chi connectivity index (χ0v) is 9.25. The number of carbonyl (C=O) groups is 1. The highest BCUT2D eigenvalue weighted by Gasteiger charge is 2.15. The monoisotopic (exact) mass is 213 g/mol. The average molecular weight is 213 g/mol. The van der Waals surface area contributed by atoms with Gasteiger partial charge in [0.1, 0.15) is 5.78 Å². The summed E-state index contributed by atoms with van der Waals surface area (Å²) in [4.78, 5) is 11.4. The topological polar surface area (TPSA) is 29.1 Å². The van der Waals surface area contributed by atoms with E-state index in [4.69, 9.17) is 0 Å². The number of hydrogen-bond donors (Lipinski definition) is 1. The minimum atomic E-state index is 0.377. The van der Waals surface area contributed by atoms with Gasteiger partial charge in [0.15, 0.2) is 0 Å². The fourth-order valence-electron chi connectivity index (χ4n) is 2.33. The molecule has 1 aromatic rings. The summed E-state index contributed by atoms with van der Waals surface area (Å²) in [5.41, 5.74) is 5.28. The van der Waals surface area contributed by atoms with Crippen LogP contribution in [-0.4, -0.2) is 18.9 Å². The highest BCUT2D eigenvalue weighted by Crippen LogP contribution is 2.22. The molecule has 3 rings (SSSR count). The summed E-state index contributed by atoms with van der Waals surface area (Å²) in [5.74, 6) is 0.377. The normalized spacial score (nSPS) is 19.0. The first-order valence-corrected chi connectivity index (χ1v) is 5.85. The number of hydrogen-bond acceptors (Lipinski definition) is 2. The first kappa shape index (κ1) is 9.79. The van der Waals surface area contributed by atoms with Gasteiger partial charge in [0.2, 0.25) is 0 Å². The highest BCUT2D eigenvalue weighted by atomic mass is 16.1. The molecule has 0 amide bonds. The van der Waals surface area contributed by atoms with Gasteiger partial charge in [-0.1, -0.05) is 24.3 Å². The van der Waals surface area contributed by atoms with E-state index in [0.717, 1.165) is 25.9 Å². The predicted molar refractivity (Wildman–Crippen MR) is 64.3 cm³/mol. The molecule has 82 valence electrons. The van der Waals surface area contributed by atoms with Gasteiger partial charge in [0.25, 0.3) is 0 Å². The molecule has 1 N–H and O–H groups in total. The average Bonchev–Trinajstić information content (AvgIpc) is 2.23. The number of carbonyl (C=O) groups excluding carboxylic acids is 1. The predicted octanol–water partition coefficient (Wildman–Crippen LogP) is 1.73. The molecular formula is C14H15NO. The summed E-state index contributed by atoms with van der Waals surface area (Å²) in [6.07, 6.45) is 4.50. The molecule has 0 bridgehead atoms. The van der Waals surface area contributed by atoms with Crippen molar-refractivity contribution in [3.8, 4) is 0 Å². The molecular weight excluding hydrogens is 198 g/mol. The van der Waals surface area contributed by atoms with Crippen LogP contribution in [0.3, 0.4) is 0 Å². The van der Waals surface area contributed by atoms with E-state index in [2.05, 4.69) is 29.6 Å². The molecule has 1 heterocycles. The molecule has 2 aliphatic rings. The fraction of sp³-hybridized carbons (Fsp3) is 0.357. The number of ketones is 1.